The predicted molar refractivity (Wildman–Crippen MR) is 106 cm³/mol. The number of carboxylic acids is 1. The van der Waals surface area contributed by atoms with E-state index in [1.807, 2.05) is 42.5 Å². The van der Waals surface area contributed by atoms with Gasteiger partial charge in [-0.05, 0) is 35.2 Å². The minimum Gasteiger partial charge on any atom is -0.482 e. The van der Waals surface area contributed by atoms with E-state index in [0.717, 1.165) is 10.8 Å². The highest BCUT2D eigenvalue weighted by Crippen LogP contribution is 2.24. The Kier molecular flexibility index (Phi) is 5.68. The number of anilines is 1. The normalized spacial score (nSPS) is 10.9. The number of hydrogen-bond acceptors (Lipinski definition) is 4. The SMILES string of the molecule is N#C/C(=C\c1cccc(OCC(=O)O)c1)C(=O)Nc1cccc2ccccc12. The summed E-state index contributed by atoms with van der Waals surface area (Å²) in [7, 11) is 0. The lowest BCUT2D eigenvalue weighted by Crippen LogP contribution is -2.13. The Hall–Kier alpha value is -4.11. The van der Waals surface area contributed by atoms with Crippen molar-refractivity contribution in [3.05, 3.63) is 77.9 Å². The summed E-state index contributed by atoms with van der Waals surface area (Å²) in [6.45, 7) is -0.472. The van der Waals surface area contributed by atoms with Crippen LogP contribution in [-0.4, -0.2) is 23.6 Å². The van der Waals surface area contributed by atoms with Crippen LogP contribution in [0.25, 0.3) is 16.8 Å². The van der Waals surface area contributed by atoms with Crippen LogP contribution in [0.2, 0.25) is 0 Å². The molecule has 3 aromatic carbocycles. The molecule has 0 heterocycles. The number of rotatable bonds is 6. The molecule has 0 radical (unpaired) electrons. The van der Waals surface area contributed by atoms with Gasteiger partial charge in [0, 0.05) is 11.1 Å². The van der Waals surface area contributed by atoms with Gasteiger partial charge >= 0.3 is 5.97 Å². The number of hydrogen-bond donors (Lipinski definition) is 2. The van der Waals surface area contributed by atoms with Crippen LogP contribution in [0.3, 0.4) is 0 Å². The quantitative estimate of drug-likeness (QED) is 0.506. The molecule has 0 aliphatic rings. The van der Waals surface area contributed by atoms with Gasteiger partial charge in [-0.25, -0.2) is 4.79 Å². The number of amides is 1. The molecule has 6 heteroatoms. The van der Waals surface area contributed by atoms with Gasteiger partial charge in [-0.3, -0.25) is 4.79 Å². The second-order valence-corrected chi connectivity index (χ2v) is 5.91. The first-order chi connectivity index (χ1) is 13.6. The molecule has 0 spiro atoms. The minimum absolute atomic E-state index is 0.0803. The van der Waals surface area contributed by atoms with Crippen molar-refractivity contribution in [1.82, 2.24) is 0 Å². The van der Waals surface area contributed by atoms with Crippen molar-refractivity contribution < 1.29 is 19.4 Å². The van der Waals surface area contributed by atoms with Crippen LogP contribution in [0.4, 0.5) is 5.69 Å². The van der Waals surface area contributed by atoms with Crippen LogP contribution in [0.15, 0.2) is 72.3 Å². The Labute approximate surface area is 161 Å². The zero-order valence-corrected chi connectivity index (χ0v) is 14.8. The average Bonchev–Trinajstić information content (AvgIpc) is 2.71. The summed E-state index contributed by atoms with van der Waals surface area (Å²) in [5, 5.41) is 22.7. The number of benzene rings is 3. The molecule has 0 unspecified atom stereocenters. The third-order valence-corrected chi connectivity index (χ3v) is 3.93. The highest BCUT2D eigenvalue weighted by atomic mass is 16.5. The maximum absolute atomic E-state index is 12.6. The van der Waals surface area contributed by atoms with Gasteiger partial charge in [-0.15, -0.1) is 0 Å². The molecule has 0 aromatic heterocycles. The maximum atomic E-state index is 12.6. The number of nitriles is 1. The van der Waals surface area contributed by atoms with Gasteiger partial charge in [0.15, 0.2) is 6.61 Å². The number of carbonyl (C=O) groups is 2. The molecule has 6 nitrogen and oxygen atoms in total. The van der Waals surface area contributed by atoms with E-state index in [2.05, 4.69) is 5.32 Å². The Balaban J connectivity index is 1.83. The standard InChI is InChI=1S/C22H16N2O4/c23-13-17(11-15-5-3-8-18(12-15)28-14-21(25)26)22(27)24-20-10-4-7-16-6-1-2-9-19(16)20/h1-12H,14H2,(H,24,27)(H,25,26)/b17-11+. The van der Waals surface area contributed by atoms with Gasteiger partial charge < -0.3 is 15.2 Å². The first kappa shape index (κ1) is 18.7. The molecule has 0 fully saturated rings. The number of carboxylic acid groups (broad SMARTS) is 1. The summed E-state index contributed by atoms with van der Waals surface area (Å²) >= 11 is 0. The fourth-order valence-electron chi connectivity index (χ4n) is 2.68. The Morgan fingerprint density at radius 3 is 2.61 bits per heavy atom. The van der Waals surface area contributed by atoms with Crippen molar-refractivity contribution in [2.24, 2.45) is 0 Å². The van der Waals surface area contributed by atoms with Crippen molar-refractivity contribution >= 4 is 34.4 Å². The first-order valence-electron chi connectivity index (χ1n) is 8.42. The average molecular weight is 372 g/mol. The third-order valence-electron chi connectivity index (χ3n) is 3.93. The van der Waals surface area contributed by atoms with Crippen LogP contribution in [0.5, 0.6) is 5.75 Å². The van der Waals surface area contributed by atoms with E-state index in [0.29, 0.717) is 17.0 Å². The number of ether oxygens (including phenoxy) is 1. The number of nitrogens with zero attached hydrogens (tertiary/aromatic N) is 1. The van der Waals surface area contributed by atoms with Crippen LogP contribution in [0, 0.1) is 11.3 Å². The lowest BCUT2D eigenvalue weighted by molar-refractivity contribution is -0.139. The molecule has 3 aromatic rings. The van der Waals surface area contributed by atoms with Gasteiger partial charge in [-0.1, -0.05) is 48.5 Å². The van der Waals surface area contributed by atoms with Gasteiger partial charge in [0.2, 0.25) is 0 Å². The molecule has 0 aliphatic heterocycles. The monoisotopic (exact) mass is 372 g/mol. The summed E-state index contributed by atoms with van der Waals surface area (Å²) in [4.78, 5) is 23.2. The van der Waals surface area contributed by atoms with Crippen LogP contribution in [0.1, 0.15) is 5.56 Å². The molecule has 0 atom stereocenters. The smallest absolute Gasteiger partial charge is 0.341 e. The second-order valence-electron chi connectivity index (χ2n) is 5.91. The zero-order valence-electron chi connectivity index (χ0n) is 14.8. The molecular weight excluding hydrogens is 356 g/mol. The van der Waals surface area contributed by atoms with Crippen molar-refractivity contribution in [1.29, 1.82) is 5.26 Å². The Morgan fingerprint density at radius 1 is 1.07 bits per heavy atom. The van der Waals surface area contributed by atoms with E-state index in [-0.39, 0.29) is 5.57 Å². The molecule has 0 aliphatic carbocycles. The largest absolute Gasteiger partial charge is 0.482 e. The van der Waals surface area contributed by atoms with Gasteiger partial charge in [0.25, 0.3) is 5.91 Å². The summed E-state index contributed by atoms with van der Waals surface area (Å²) in [6, 6.07) is 21.6. The van der Waals surface area contributed by atoms with Crippen molar-refractivity contribution in [2.75, 3.05) is 11.9 Å². The second kappa shape index (κ2) is 8.52. The van der Waals surface area contributed by atoms with Crippen molar-refractivity contribution in [3.63, 3.8) is 0 Å². The molecule has 0 saturated carbocycles. The van der Waals surface area contributed by atoms with Gasteiger partial charge in [0.05, 0.1) is 0 Å². The molecule has 0 bridgehead atoms. The zero-order chi connectivity index (χ0) is 19.9. The summed E-state index contributed by atoms with van der Waals surface area (Å²) in [5.74, 6) is -1.29. The third kappa shape index (κ3) is 4.54. The van der Waals surface area contributed by atoms with E-state index in [1.165, 1.54) is 6.08 Å². The molecule has 138 valence electrons. The molecule has 0 saturated heterocycles. The number of aliphatic carboxylic acids is 1. The Morgan fingerprint density at radius 2 is 1.82 bits per heavy atom. The van der Waals surface area contributed by atoms with Crippen molar-refractivity contribution in [2.45, 2.75) is 0 Å². The number of nitrogens with one attached hydrogen (secondary N) is 1. The van der Waals surface area contributed by atoms with E-state index >= 15 is 0 Å². The first-order valence-corrected chi connectivity index (χ1v) is 8.42. The number of carbonyl (C=O) groups excluding carboxylic acids is 1. The molecular formula is C22H16N2O4. The topological polar surface area (TPSA) is 99.4 Å². The van der Waals surface area contributed by atoms with E-state index in [1.54, 1.807) is 30.3 Å². The lowest BCUT2D eigenvalue weighted by Gasteiger charge is -2.08. The predicted octanol–water partition coefficient (Wildman–Crippen LogP) is 3.85. The van der Waals surface area contributed by atoms with E-state index in [9.17, 15) is 14.9 Å². The van der Waals surface area contributed by atoms with Gasteiger partial charge in [-0.2, -0.15) is 5.26 Å². The van der Waals surface area contributed by atoms with E-state index < -0.39 is 18.5 Å². The van der Waals surface area contributed by atoms with E-state index in [4.69, 9.17) is 9.84 Å². The fraction of sp³-hybridized carbons (Fsp3) is 0.0455. The van der Waals surface area contributed by atoms with Gasteiger partial charge in [0.1, 0.15) is 17.4 Å². The summed E-state index contributed by atoms with van der Waals surface area (Å²) in [6.07, 6.45) is 1.42. The summed E-state index contributed by atoms with van der Waals surface area (Å²) < 4.78 is 5.12. The lowest BCUT2D eigenvalue weighted by atomic mass is 10.1. The molecule has 28 heavy (non-hydrogen) atoms. The minimum atomic E-state index is -1.09. The maximum Gasteiger partial charge on any atom is 0.341 e. The molecule has 2 N–H and O–H groups in total. The van der Waals surface area contributed by atoms with Crippen molar-refractivity contribution in [3.8, 4) is 11.8 Å². The highest BCUT2D eigenvalue weighted by molar-refractivity contribution is 6.12. The fourth-order valence-corrected chi connectivity index (χ4v) is 2.68. The molecule has 1 amide bonds. The molecule has 3 rings (SSSR count). The van der Waals surface area contributed by atoms with Crippen LogP contribution in [-0.2, 0) is 9.59 Å². The number of fused-ring (bicyclic) bond motifs is 1. The van der Waals surface area contributed by atoms with Crippen LogP contribution >= 0.6 is 0 Å². The van der Waals surface area contributed by atoms with Crippen LogP contribution < -0.4 is 10.1 Å². The Bertz CT molecular complexity index is 1110. The summed E-state index contributed by atoms with van der Waals surface area (Å²) in [5.41, 5.74) is 1.08. The highest BCUT2D eigenvalue weighted by Gasteiger charge is 2.11.